The summed E-state index contributed by atoms with van der Waals surface area (Å²) in [6.07, 6.45) is 1.90. The zero-order valence-electron chi connectivity index (χ0n) is 16.7. The van der Waals surface area contributed by atoms with Crippen molar-refractivity contribution in [3.63, 3.8) is 0 Å². The van der Waals surface area contributed by atoms with Crippen molar-refractivity contribution in [3.05, 3.63) is 105 Å². The molecule has 0 aliphatic heterocycles. The van der Waals surface area contributed by atoms with E-state index in [-0.39, 0.29) is 5.69 Å². The summed E-state index contributed by atoms with van der Waals surface area (Å²) < 4.78 is 2.03. The molecule has 4 aromatic rings. The van der Waals surface area contributed by atoms with Crippen LogP contribution in [0.5, 0.6) is 0 Å². The van der Waals surface area contributed by atoms with Gasteiger partial charge in [-0.15, -0.1) is 0 Å². The van der Waals surface area contributed by atoms with E-state index in [0.29, 0.717) is 5.57 Å². The van der Waals surface area contributed by atoms with Crippen LogP contribution in [0.15, 0.2) is 72.8 Å². The van der Waals surface area contributed by atoms with Crippen molar-refractivity contribution < 1.29 is 4.92 Å². The summed E-state index contributed by atoms with van der Waals surface area (Å²) in [5.41, 5.74) is 5.26. The van der Waals surface area contributed by atoms with E-state index in [1.807, 2.05) is 73.0 Å². The van der Waals surface area contributed by atoms with Gasteiger partial charge in [-0.2, -0.15) is 5.26 Å². The van der Waals surface area contributed by atoms with Gasteiger partial charge in [0.25, 0.3) is 5.69 Å². The normalized spacial score (nSPS) is 11.4. The Labute approximate surface area is 174 Å². The van der Waals surface area contributed by atoms with Crippen molar-refractivity contribution in [2.45, 2.75) is 13.8 Å². The highest BCUT2D eigenvalue weighted by Gasteiger charge is 2.12. The number of nitriles is 1. The van der Waals surface area contributed by atoms with E-state index in [1.165, 1.54) is 12.1 Å². The van der Waals surface area contributed by atoms with Gasteiger partial charge in [0.05, 0.1) is 16.6 Å². The number of rotatable bonds is 4. The third-order valence-electron chi connectivity index (χ3n) is 5.27. The second kappa shape index (κ2) is 7.69. The van der Waals surface area contributed by atoms with Crippen molar-refractivity contribution in [3.8, 4) is 11.8 Å². The van der Waals surface area contributed by atoms with Crippen LogP contribution in [0.1, 0.15) is 22.5 Å². The molecule has 0 aliphatic rings. The minimum atomic E-state index is -0.407. The molecule has 30 heavy (non-hydrogen) atoms. The van der Waals surface area contributed by atoms with Crippen LogP contribution < -0.4 is 0 Å². The molecule has 5 heteroatoms. The molecule has 0 saturated heterocycles. The fourth-order valence-electron chi connectivity index (χ4n) is 3.75. The first-order valence-corrected chi connectivity index (χ1v) is 9.52. The predicted octanol–water partition coefficient (Wildman–Crippen LogP) is 6.22. The summed E-state index contributed by atoms with van der Waals surface area (Å²) in [7, 11) is 0. The van der Waals surface area contributed by atoms with Crippen LogP contribution in [0.2, 0.25) is 0 Å². The van der Waals surface area contributed by atoms with Crippen molar-refractivity contribution in [2.24, 2.45) is 0 Å². The average molecular weight is 393 g/mol. The summed E-state index contributed by atoms with van der Waals surface area (Å²) in [4.78, 5) is 10.5. The maximum atomic E-state index is 10.9. The van der Waals surface area contributed by atoms with Crippen LogP contribution in [0.25, 0.3) is 28.1 Å². The van der Waals surface area contributed by atoms with Crippen molar-refractivity contribution in [1.29, 1.82) is 5.26 Å². The molecule has 3 aromatic carbocycles. The predicted molar refractivity (Wildman–Crippen MR) is 119 cm³/mol. The van der Waals surface area contributed by atoms with Crippen LogP contribution in [-0.4, -0.2) is 9.49 Å². The number of hydrogen-bond acceptors (Lipinski definition) is 3. The smallest absolute Gasteiger partial charge is 0.269 e. The number of aromatic nitrogens is 1. The fourth-order valence-corrected chi connectivity index (χ4v) is 3.75. The lowest BCUT2D eigenvalue weighted by atomic mass is 10.0. The van der Waals surface area contributed by atoms with Gasteiger partial charge in [-0.3, -0.25) is 10.1 Å². The zero-order valence-corrected chi connectivity index (χ0v) is 16.7. The Morgan fingerprint density at radius 2 is 1.70 bits per heavy atom. The third kappa shape index (κ3) is 3.47. The molecule has 5 nitrogen and oxygen atoms in total. The standard InChI is InChI=1S/C25H19N3O2/c1-17-13-22(18(2)27(17)24-9-11-25(12-10-24)28(29)30)15-23(16-26)21-8-7-19-5-3-4-6-20(19)14-21/h3-15H,1-2H3/b23-15+. The second-order valence-electron chi connectivity index (χ2n) is 7.17. The molecular formula is C25H19N3O2. The number of benzene rings is 3. The Morgan fingerprint density at radius 1 is 1.00 bits per heavy atom. The minimum Gasteiger partial charge on any atom is -0.318 e. The Morgan fingerprint density at radius 3 is 2.37 bits per heavy atom. The van der Waals surface area contributed by atoms with Gasteiger partial charge in [-0.25, -0.2) is 0 Å². The molecule has 1 aromatic heterocycles. The molecule has 0 bridgehead atoms. The Kier molecular flexibility index (Phi) is 4.91. The van der Waals surface area contributed by atoms with E-state index >= 15 is 0 Å². The molecule has 0 radical (unpaired) electrons. The van der Waals surface area contributed by atoms with E-state index in [4.69, 9.17) is 0 Å². The third-order valence-corrected chi connectivity index (χ3v) is 5.27. The molecule has 0 aliphatic carbocycles. The average Bonchev–Trinajstić information content (AvgIpc) is 3.04. The molecule has 0 atom stereocenters. The number of fused-ring (bicyclic) bond motifs is 1. The number of aryl methyl sites for hydroxylation is 1. The highest BCUT2D eigenvalue weighted by atomic mass is 16.6. The maximum Gasteiger partial charge on any atom is 0.269 e. The molecule has 146 valence electrons. The van der Waals surface area contributed by atoms with E-state index in [0.717, 1.165) is 39.0 Å². The van der Waals surface area contributed by atoms with E-state index < -0.39 is 4.92 Å². The molecule has 4 rings (SSSR count). The quantitative estimate of drug-likeness (QED) is 0.235. The molecule has 1 heterocycles. The number of allylic oxidation sites excluding steroid dienone is 1. The number of hydrogen-bond donors (Lipinski definition) is 0. The largest absolute Gasteiger partial charge is 0.318 e. The highest BCUT2D eigenvalue weighted by Crippen LogP contribution is 2.27. The van der Waals surface area contributed by atoms with Crippen LogP contribution >= 0.6 is 0 Å². The lowest BCUT2D eigenvalue weighted by Gasteiger charge is -2.09. The summed E-state index contributed by atoms with van der Waals surface area (Å²) in [5.74, 6) is 0. The van der Waals surface area contributed by atoms with Crippen molar-refractivity contribution >= 4 is 28.1 Å². The summed E-state index contributed by atoms with van der Waals surface area (Å²) in [6, 6.07) is 24.9. The molecule has 0 spiro atoms. The Bertz CT molecular complexity index is 1340. The van der Waals surface area contributed by atoms with Gasteiger partial charge >= 0.3 is 0 Å². The van der Waals surface area contributed by atoms with Gasteiger partial charge in [0, 0.05) is 29.2 Å². The first-order valence-electron chi connectivity index (χ1n) is 9.52. The molecular weight excluding hydrogens is 374 g/mol. The number of nitrogens with zero attached hydrogens (tertiary/aromatic N) is 3. The van der Waals surface area contributed by atoms with Crippen molar-refractivity contribution in [2.75, 3.05) is 0 Å². The lowest BCUT2D eigenvalue weighted by Crippen LogP contribution is -1.99. The SMILES string of the molecule is Cc1cc(/C=C(\C#N)c2ccc3ccccc3c2)c(C)n1-c1ccc([N+](=O)[O-])cc1. The molecule has 0 fully saturated rings. The molecule has 0 unspecified atom stereocenters. The molecule has 0 saturated carbocycles. The first kappa shape index (κ1) is 19.2. The highest BCUT2D eigenvalue weighted by molar-refractivity contribution is 5.94. The Balaban J connectivity index is 1.76. The van der Waals surface area contributed by atoms with Crippen LogP contribution in [0.3, 0.4) is 0 Å². The number of non-ortho nitro benzene ring substituents is 1. The maximum absolute atomic E-state index is 10.9. The Hall–Kier alpha value is -4.17. The van der Waals surface area contributed by atoms with Gasteiger partial charge in [-0.05, 0) is 66.1 Å². The second-order valence-corrected chi connectivity index (χ2v) is 7.17. The summed E-state index contributed by atoms with van der Waals surface area (Å²) >= 11 is 0. The van der Waals surface area contributed by atoms with Crippen LogP contribution in [0, 0.1) is 35.3 Å². The summed E-state index contributed by atoms with van der Waals surface area (Å²) in [5, 5.41) is 22.9. The van der Waals surface area contributed by atoms with Crippen LogP contribution in [-0.2, 0) is 0 Å². The number of nitro groups is 1. The van der Waals surface area contributed by atoms with Crippen molar-refractivity contribution in [1.82, 2.24) is 4.57 Å². The van der Waals surface area contributed by atoms with E-state index in [9.17, 15) is 15.4 Å². The van der Waals surface area contributed by atoms with E-state index in [2.05, 4.69) is 6.07 Å². The lowest BCUT2D eigenvalue weighted by molar-refractivity contribution is -0.384. The van der Waals surface area contributed by atoms with Gasteiger partial charge in [-0.1, -0.05) is 36.4 Å². The summed E-state index contributed by atoms with van der Waals surface area (Å²) in [6.45, 7) is 3.96. The molecule has 0 N–H and O–H groups in total. The van der Waals surface area contributed by atoms with Gasteiger partial charge in [0.2, 0.25) is 0 Å². The van der Waals surface area contributed by atoms with Gasteiger partial charge in [0.15, 0.2) is 0 Å². The fraction of sp³-hybridized carbons (Fsp3) is 0.0800. The minimum absolute atomic E-state index is 0.0596. The van der Waals surface area contributed by atoms with Crippen LogP contribution in [0.4, 0.5) is 5.69 Å². The molecule has 0 amide bonds. The first-order chi connectivity index (χ1) is 14.5. The zero-order chi connectivity index (χ0) is 21.3. The topological polar surface area (TPSA) is 71.9 Å². The number of nitro benzene ring substituents is 1. The van der Waals surface area contributed by atoms with Gasteiger partial charge < -0.3 is 4.57 Å². The monoisotopic (exact) mass is 393 g/mol. The van der Waals surface area contributed by atoms with Gasteiger partial charge in [0.1, 0.15) is 0 Å². The van der Waals surface area contributed by atoms with E-state index in [1.54, 1.807) is 12.1 Å².